The molecule has 3 heterocycles. The quantitative estimate of drug-likeness (QED) is 0.230. The zero-order chi connectivity index (χ0) is 41.6. The fourth-order valence-corrected chi connectivity index (χ4v) is 8.58. The van der Waals surface area contributed by atoms with Crippen molar-refractivity contribution in [3.63, 3.8) is 0 Å². The van der Waals surface area contributed by atoms with Gasteiger partial charge in [-0.1, -0.05) is 11.6 Å². The first-order valence-electron chi connectivity index (χ1n) is 20.1. The smallest absolute Gasteiger partial charge is 0.336 e. The number of carbonyl (C=O) groups excluding carboxylic acids is 4. The number of benzene rings is 2. The number of aromatic carboxylic acids is 1. The highest BCUT2D eigenvalue weighted by molar-refractivity contribution is 6.31. The molecule has 2 amide bonds. The number of Topliss-reactive ketones (excluding diaryl/α,β-unsaturated/α-hetero) is 2. The number of piperidine rings is 1. The van der Waals surface area contributed by atoms with E-state index in [2.05, 4.69) is 30.6 Å². The van der Waals surface area contributed by atoms with Gasteiger partial charge in [-0.15, -0.1) is 10.2 Å². The van der Waals surface area contributed by atoms with Crippen LogP contribution >= 0.6 is 11.6 Å². The monoisotopic (exact) mass is 828 g/mol. The van der Waals surface area contributed by atoms with Crippen LogP contribution in [-0.2, 0) is 9.59 Å². The number of carboxylic acid groups (broad SMARTS) is 1. The summed E-state index contributed by atoms with van der Waals surface area (Å²) in [5.41, 5.74) is 0.0483. The number of ether oxygens (including phenoxy) is 1. The van der Waals surface area contributed by atoms with Gasteiger partial charge in [0, 0.05) is 64.3 Å². The third kappa shape index (κ3) is 10.1. The first-order chi connectivity index (χ1) is 28.4. The number of piperazine rings is 1. The summed E-state index contributed by atoms with van der Waals surface area (Å²) >= 11 is 6.14. The van der Waals surface area contributed by atoms with E-state index in [-0.39, 0.29) is 65.6 Å². The lowest BCUT2D eigenvalue weighted by atomic mass is 9.92. The Morgan fingerprint density at radius 3 is 2.25 bits per heavy atom. The van der Waals surface area contributed by atoms with Crippen molar-refractivity contribution >= 4 is 52.5 Å². The Hall–Kier alpha value is -5.66. The number of nitriles is 1. The standard InChI is InChI=1S/C42H46ClFN8O7/c43-33-20-30(5-1-26(33)23-45)59-29-6-2-27(3-7-29)46-41(56)36-9-10-39(49-48-36)52-13-11-25(12-14-52)24-50-15-17-51(18-16-50)37-22-32(42(57)58)31(21-34(37)44)40(55)47-35-8-4-28(53)19-38(35)54/h1,5,9-10,20-22,25,27,29,35H,2-4,6-8,11-19,24H2,(H,46,56)(H,47,55)(H,57,58). The maximum atomic E-state index is 15.5. The Kier molecular flexibility index (Phi) is 13.0. The van der Waals surface area contributed by atoms with Crippen LogP contribution in [0.2, 0.25) is 5.02 Å². The molecule has 2 aliphatic carbocycles. The van der Waals surface area contributed by atoms with E-state index >= 15 is 4.39 Å². The molecule has 2 saturated heterocycles. The van der Waals surface area contributed by atoms with E-state index in [1.54, 1.807) is 29.2 Å². The second-order valence-corrected chi connectivity index (χ2v) is 16.1. The highest BCUT2D eigenvalue weighted by Crippen LogP contribution is 2.30. The molecule has 3 N–H and O–H groups in total. The molecule has 1 aromatic heterocycles. The number of nitrogens with zero attached hydrogens (tertiary/aromatic N) is 6. The van der Waals surface area contributed by atoms with Crippen LogP contribution in [0.4, 0.5) is 15.9 Å². The van der Waals surface area contributed by atoms with Gasteiger partial charge in [-0.2, -0.15) is 5.26 Å². The first kappa shape index (κ1) is 41.5. The van der Waals surface area contributed by atoms with Gasteiger partial charge in [-0.25, -0.2) is 9.18 Å². The van der Waals surface area contributed by atoms with Crippen LogP contribution in [0.1, 0.15) is 94.6 Å². The summed E-state index contributed by atoms with van der Waals surface area (Å²) in [4.78, 5) is 68.2. The van der Waals surface area contributed by atoms with Gasteiger partial charge in [-0.3, -0.25) is 24.1 Å². The number of aromatic nitrogens is 2. The average Bonchev–Trinajstić information content (AvgIpc) is 3.23. The van der Waals surface area contributed by atoms with Gasteiger partial charge < -0.3 is 30.3 Å². The fourth-order valence-electron chi connectivity index (χ4n) is 8.36. The SMILES string of the molecule is N#Cc1ccc(OC2CCC(NC(=O)c3ccc(N4CCC(CN5CCN(c6cc(C(=O)O)c(C(=O)NC7CCC(=O)CC7=O)cc6F)CC5)CC4)nn3)CC2)cc1Cl. The molecule has 2 aliphatic heterocycles. The molecule has 0 radical (unpaired) electrons. The molecule has 1 unspecified atom stereocenters. The van der Waals surface area contributed by atoms with Crippen LogP contribution in [-0.4, -0.2) is 114 Å². The van der Waals surface area contributed by atoms with E-state index in [9.17, 15) is 29.1 Å². The van der Waals surface area contributed by atoms with Crippen molar-refractivity contribution < 1.29 is 38.2 Å². The van der Waals surface area contributed by atoms with E-state index < -0.39 is 29.5 Å². The number of halogens is 2. The second-order valence-electron chi connectivity index (χ2n) is 15.7. The summed E-state index contributed by atoms with van der Waals surface area (Å²) in [6.07, 6.45) is 4.92. The summed E-state index contributed by atoms with van der Waals surface area (Å²) in [6, 6.07) is 11.8. The lowest BCUT2D eigenvalue weighted by Crippen LogP contribution is -2.49. The molecule has 4 fully saturated rings. The normalized spacial score (nSPS) is 21.7. The number of ketones is 2. The van der Waals surface area contributed by atoms with Crippen molar-refractivity contribution in [1.82, 2.24) is 25.7 Å². The molecule has 0 spiro atoms. The van der Waals surface area contributed by atoms with Crippen molar-refractivity contribution in [2.45, 2.75) is 76.0 Å². The molecule has 310 valence electrons. The highest BCUT2D eigenvalue weighted by Gasteiger charge is 2.32. The number of carboxylic acids is 1. The van der Waals surface area contributed by atoms with Crippen LogP contribution in [0.3, 0.4) is 0 Å². The predicted molar refractivity (Wildman–Crippen MR) is 214 cm³/mol. The summed E-state index contributed by atoms with van der Waals surface area (Å²) in [6.45, 7) is 4.73. The Morgan fingerprint density at radius 1 is 0.864 bits per heavy atom. The van der Waals surface area contributed by atoms with Crippen molar-refractivity contribution in [3.8, 4) is 11.8 Å². The van der Waals surface area contributed by atoms with Crippen molar-refractivity contribution in [2.75, 3.05) is 55.6 Å². The molecule has 15 nitrogen and oxygen atoms in total. The lowest BCUT2D eigenvalue weighted by molar-refractivity contribution is -0.131. The molecule has 0 bridgehead atoms. The maximum Gasteiger partial charge on any atom is 0.336 e. The Labute approximate surface area is 345 Å². The summed E-state index contributed by atoms with van der Waals surface area (Å²) in [5.74, 6) is -2.10. The number of anilines is 2. The maximum absolute atomic E-state index is 15.5. The Balaban J connectivity index is 0.832. The van der Waals surface area contributed by atoms with Gasteiger partial charge in [0.05, 0.1) is 46.0 Å². The predicted octanol–water partition coefficient (Wildman–Crippen LogP) is 4.42. The molecular weight excluding hydrogens is 783 g/mol. The van der Waals surface area contributed by atoms with E-state index in [1.165, 1.54) is 6.07 Å². The molecule has 2 saturated carbocycles. The number of amides is 2. The third-order valence-electron chi connectivity index (χ3n) is 11.8. The molecule has 1 atom stereocenters. The number of hydrogen-bond donors (Lipinski definition) is 3. The van der Waals surface area contributed by atoms with Gasteiger partial charge in [0.25, 0.3) is 11.8 Å². The Bertz CT molecular complexity index is 2130. The van der Waals surface area contributed by atoms with Crippen molar-refractivity contribution in [2.24, 2.45) is 5.92 Å². The topological polar surface area (TPSA) is 198 Å². The number of hydrogen-bond acceptors (Lipinski definition) is 12. The molecule has 4 aliphatic rings. The average molecular weight is 829 g/mol. The Morgan fingerprint density at radius 2 is 1.61 bits per heavy atom. The third-order valence-corrected chi connectivity index (χ3v) is 12.1. The molecule has 59 heavy (non-hydrogen) atoms. The van der Waals surface area contributed by atoms with Gasteiger partial charge in [0.15, 0.2) is 17.3 Å². The van der Waals surface area contributed by atoms with Gasteiger partial charge in [-0.05, 0) is 87.3 Å². The zero-order valence-electron chi connectivity index (χ0n) is 32.5. The molecule has 2 aromatic carbocycles. The van der Waals surface area contributed by atoms with Crippen LogP contribution in [0.15, 0.2) is 42.5 Å². The minimum absolute atomic E-state index is 0.00105. The van der Waals surface area contributed by atoms with Gasteiger partial charge >= 0.3 is 5.97 Å². The summed E-state index contributed by atoms with van der Waals surface area (Å²) in [5, 5.41) is 33.5. The van der Waals surface area contributed by atoms with E-state index in [0.717, 1.165) is 70.0 Å². The summed E-state index contributed by atoms with van der Waals surface area (Å²) < 4.78 is 21.5. The van der Waals surface area contributed by atoms with Crippen molar-refractivity contribution in [1.29, 1.82) is 5.26 Å². The molecule has 17 heteroatoms. The van der Waals surface area contributed by atoms with Crippen LogP contribution in [0.25, 0.3) is 0 Å². The van der Waals surface area contributed by atoms with Crippen LogP contribution < -0.4 is 25.2 Å². The van der Waals surface area contributed by atoms with E-state index in [1.807, 2.05) is 12.1 Å². The van der Waals surface area contributed by atoms with Crippen LogP contribution in [0.5, 0.6) is 5.75 Å². The van der Waals surface area contributed by atoms with E-state index in [4.69, 9.17) is 21.6 Å². The molecular formula is C42H46ClFN8O7. The highest BCUT2D eigenvalue weighted by atomic mass is 35.5. The van der Waals surface area contributed by atoms with Crippen molar-refractivity contribution in [3.05, 3.63) is 75.7 Å². The zero-order valence-corrected chi connectivity index (χ0v) is 33.3. The first-order valence-corrected chi connectivity index (χ1v) is 20.5. The number of nitrogens with one attached hydrogen (secondary N) is 2. The molecule has 7 rings (SSSR count). The van der Waals surface area contributed by atoms with Gasteiger partial charge in [0.2, 0.25) is 0 Å². The summed E-state index contributed by atoms with van der Waals surface area (Å²) in [7, 11) is 0. The minimum Gasteiger partial charge on any atom is -0.490 e. The number of carbonyl (C=O) groups is 5. The minimum atomic E-state index is -1.38. The second kappa shape index (κ2) is 18.5. The van der Waals surface area contributed by atoms with Crippen LogP contribution in [0, 0.1) is 23.1 Å². The largest absolute Gasteiger partial charge is 0.490 e. The lowest BCUT2D eigenvalue weighted by Gasteiger charge is -2.40. The van der Waals surface area contributed by atoms with Gasteiger partial charge in [0.1, 0.15) is 23.4 Å². The molecule has 3 aromatic rings. The fraction of sp³-hybridized carbons (Fsp3) is 0.476. The van der Waals surface area contributed by atoms with E-state index in [0.29, 0.717) is 48.4 Å². The number of rotatable bonds is 11.